The highest BCUT2D eigenvalue weighted by Crippen LogP contribution is 2.45. The number of rotatable bonds is 7. The van der Waals surface area contributed by atoms with E-state index >= 15 is 0 Å². The Balaban J connectivity index is 1.48. The van der Waals surface area contributed by atoms with Gasteiger partial charge in [-0.05, 0) is 56.3 Å². The average molecular weight is 601 g/mol. The third-order valence-electron chi connectivity index (χ3n) is 7.13. The van der Waals surface area contributed by atoms with Crippen LogP contribution in [0.2, 0.25) is 15.1 Å². The molecule has 5 rings (SSSR count). The molecule has 0 saturated heterocycles. The number of pyridine rings is 2. The SMILES string of the molecule is C=C[C@H](CNC(=O)c1cc(Cl)c2nc(C)c(Cl)cc2c1)c1cc2c(c(-c3ccc(F)c(Cl)c3)n1)OC[C@]2(C)CO. The molecule has 2 N–H and O–H groups in total. The van der Waals surface area contributed by atoms with Gasteiger partial charge < -0.3 is 15.2 Å². The second-order valence-corrected chi connectivity index (χ2v) is 11.3. The highest BCUT2D eigenvalue weighted by molar-refractivity contribution is 6.36. The largest absolute Gasteiger partial charge is 0.490 e. The van der Waals surface area contributed by atoms with E-state index in [9.17, 15) is 14.3 Å². The summed E-state index contributed by atoms with van der Waals surface area (Å²) in [7, 11) is 0. The van der Waals surface area contributed by atoms with Gasteiger partial charge in [0.05, 0.1) is 44.0 Å². The van der Waals surface area contributed by atoms with E-state index in [0.717, 1.165) is 5.56 Å². The number of aryl methyl sites for hydroxylation is 1. The van der Waals surface area contributed by atoms with Gasteiger partial charge in [-0.2, -0.15) is 0 Å². The summed E-state index contributed by atoms with van der Waals surface area (Å²) in [5.41, 5.74) is 3.27. The molecule has 0 fully saturated rings. The van der Waals surface area contributed by atoms with Crippen LogP contribution in [-0.2, 0) is 5.41 Å². The number of fused-ring (bicyclic) bond motifs is 2. The predicted molar refractivity (Wildman–Crippen MR) is 156 cm³/mol. The van der Waals surface area contributed by atoms with Crippen molar-refractivity contribution in [1.82, 2.24) is 15.3 Å². The molecule has 2 aromatic heterocycles. The van der Waals surface area contributed by atoms with Crippen molar-refractivity contribution in [1.29, 1.82) is 0 Å². The van der Waals surface area contributed by atoms with Gasteiger partial charge in [0.1, 0.15) is 23.9 Å². The van der Waals surface area contributed by atoms with Crippen molar-refractivity contribution >= 4 is 51.6 Å². The quantitative estimate of drug-likeness (QED) is 0.222. The van der Waals surface area contributed by atoms with E-state index in [2.05, 4.69) is 16.9 Å². The Hall–Kier alpha value is -3.23. The molecule has 2 atom stereocenters. The zero-order valence-corrected chi connectivity index (χ0v) is 24.0. The first-order chi connectivity index (χ1) is 19.0. The minimum absolute atomic E-state index is 0.0467. The van der Waals surface area contributed by atoms with Crippen LogP contribution in [0.25, 0.3) is 22.2 Å². The number of amides is 1. The first-order valence-corrected chi connectivity index (χ1v) is 13.6. The fourth-order valence-corrected chi connectivity index (χ4v) is 5.28. The van der Waals surface area contributed by atoms with Crippen molar-refractivity contribution < 1.29 is 19.0 Å². The van der Waals surface area contributed by atoms with Crippen molar-refractivity contribution in [3.63, 3.8) is 0 Å². The Morgan fingerprint density at radius 2 is 1.95 bits per heavy atom. The van der Waals surface area contributed by atoms with Crippen LogP contribution in [0.15, 0.2) is 55.1 Å². The maximum atomic E-state index is 13.9. The Bertz CT molecular complexity index is 1680. The molecule has 2 aromatic carbocycles. The number of carbonyl (C=O) groups is 1. The molecule has 4 aromatic rings. The first kappa shape index (κ1) is 28.3. The summed E-state index contributed by atoms with van der Waals surface area (Å²) in [6, 6.07) is 11.2. The Morgan fingerprint density at radius 3 is 2.65 bits per heavy atom. The Kier molecular flexibility index (Phi) is 7.77. The third-order valence-corrected chi connectivity index (χ3v) is 8.09. The van der Waals surface area contributed by atoms with E-state index in [1.807, 2.05) is 13.0 Å². The van der Waals surface area contributed by atoms with Gasteiger partial charge in [-0.25, -0.2) is 9.37 Å². The molecule has 0 unspecified atom stereocenters. The van der Waals surface area contributed by atoms with Crippen molar-refractivity contribution in [3.8, 4) is 17.0 Å². The van der Waals surface area contributed by atoms with Gasteiger partial charge in [-0.15, -0.1) is 6.58 Å². The number of halogens is 4. The standard InChI is InChI=1S/C30H25Cl3FN3O3/c1-4-16(12-35-29(39)19-7-18-9-21(31)15(2)36-26(18)23(33)10-19)25-11-20-28(40-14-30(20,3)13-38)27(37-25)17-5-6-24(34)22(32)8-17/h4-11,16,38H,1,12-14H2,2-3H3,(H,35,39)/t16-,30+/m1/s1. The summed E-state index contributed by atoms with van der Waals surface area (Å²) in [4.78, 5) is 22.4. The number of nitrogens with one attached hydrogen (secondary N) is 1. The molecule has 10 heteroatoms. The van der Waals surface area contributed by atoms with Crippen LogP contribution in [0.1, 0.15) is 40.2 Å². The van der Waals surface area contributed by atoms with E-state index in [1.165, 1.54) is 12.1 Å². The van der Waals surface area contributed by atoms with E-state index in [1.54, 1.807) is 37.3 Å². The second kappa shape index (κ2) is 11.0. The summed E-state index contributed by atoms with van der Waals surface area (Å²) < 4.78 is 19.9. The van der Waals surface area contributed by atoms with E-state index in [4.69, 9.17) is 44.5 Å². The number of hydrogen-bond donors (Lipinski definition) is 2. The van der Waals surface area contributed by atoms with Gasteiger partial charge in [0.15, 0.2) is 0 Å². The van der Waals surface area contributed by atoms with Gasteiger partial charge in [-0.3, -0.25) is 9.78 Å². The molecule has 0 aliphatic carbocycles. The summed E-state index contributed by atoms with van der Waals surface area (Å²) in [6.07, 6.45) is 1.68. The van der Waals surface area contributed by atoms with Crippen LogP contribution in [0.5, 0.6) is 5.75 Å². The lowest BCUT2D eigenvalue weighted by molar-refractivity contribution is 0.0952. The van der Waals surface area contributed by atoms with Crippen LogP contribution in [0, 0.1) is 12.7 Å². The lowest BCUT2D eigenvalue weighted by Gasteiger charge is -2.22. The molecule has 206 valence electrons. The summed E-state index contributed by atoms with van der Waals surface area (Å²) in [5, 5.41) is 14.5. The van der Waals surface area contributed by atoms with E-state index in [-0.39, 0.29) is 30.7 Å². The van der Waals surface area contributed by atoms with Gasteiger partial charge in [0.2, 0.25) is 0 Å². The molecular weight excluding hydrogens is 576 g/mol. The number of aliphatic hydroxyl groups is 1. The third kappa shape index (κ3) is 5.15. The lowest BCUT2D eigenvalue weighted by atomic mass is 9.84. The average Bonchev–Trinajstić information content (AvgIpc) is 3.28. The molecule has 1 aliphatic rings. The highest BCUT2D eigenvalue weighted by Gasteiger charge is 2.39. The molecule has 3 heterocycles. The Labute approximate surface area is 245 Å². The maximum Gasteiger partial charge on any atom is 0.251 e. The van der Waals surface area contributed by atoms with Gasteiger partial charge in [0, 0.05) is 34.5 Å². The van der Waals surface area contributed by atoms with Gasteiger partial charge in [0.25, 0.3) is 5.91 Å². The van der Waals surface area contributed by atoms with Crippen LogP contribution in [-0.4, -0.2) is 40.7 Å². The fourth-order valence-electron chi connectivity index (χ4n) is 4.67. The molecule has 40 heavy (non-hydrogen) atoms. The van der Waals surface area contributed by atoms with E-state index in [0.29, 0.717) is 54.9 Å². The van der Waals surface area contributed by atoms with Crippen LogP contribution < -0.4 is 10.1 Å². The molecule has 0 radical (unpaired) electrons. The molecule has 0 saturated carbocycles. The molecule has 1 aliphatic heterocycles. The molecule has 0 bridgehead atoms. The second-order valence-electron chi connectivity index (χ2n) is 10.0. The Morgan fingerprint density at radius 1 is 1.18 bits per heavy atom. The lowest BCUT2D eigenvalue weighted by Crippen LogP contribution is -2.29. The summed E-state index contributed by atoms with van der Waals surface area (Å²) in [5.74, 6) is -0.791. The summed E-state index contributed by atoms with van der Waals surface area (Å²) >= 11 is 18.7. The van der Waals surface area contributed by atoms with Crippen molar-refractivity contribution in [2.24, 2.45) is 0 Å². The maximum absolute atomic E-state index is 13.9. The number of aliphatic hydroxyl groups excluding tert-OH is 1. The number of aromatic nitrogens is 2. The van der Waals surface area contributed by atoms with Crippen LogP contribution in [0.3, 0.4) is 0 Å². The van der Waals surface area contributed by atoms with Crippen LogP contribution in [0.4, 0.5) is 4.39 Å². The normalized spacial score (nSPS) is 16.9. The highest BCUT2D eigenvalue weighted by atomic mass is 35.5. The number of nitrogens with zero attached hydrogens (tertiary/aromatic N) is 2. The van der Waals surface area contributed by atoms with Crippen molar-refractivity contribution in [3.05, 3.63) is 98.5 Å². The minimum atomic E-state index is -0.671. The van der Waals surface area contributed by atoms with Gasteiger partial charge >= 0.3 is 0 Å². The topological polar surface area (TPSA) is 84.3 Å². The minimum Gasteiger partial charge on any atom is -0.490 e. The number of carbonyl (C=O) groups excluding carboxylic acids is 1. The first-order valence-electron chi connectivity index (χ1n) is 12.5. The zero-order valence-electron chi connectivity index (χ0n) is 21.7. The fraction of sp³-hybridized carbons (Fsp3) is 0.233. The number of benzene rings is 2. The number of ether oxygens (including phenoxy) is 1. The van der Waals surface area contributed by atoms with Crippen molar-refractivity contribution in [2.75, 3.05) is 19.8 Å². The van der Waals surface area contributed by atoms with Crippen LogP contribution >= 0.6 is 34.8 Å². The molecular formula is C30H25Cl3FN3O3. The van der Waals surface area contributed by atoms with Crippen molar-refractivity contribution in [2.45, 2.75) is 25.2 Å². The summed E-state index contributed by atoms with van der Waals surface area (Å²) in [6.45, 7) is 7.91. The predicted octanol–water partition coefficient (Wildman–Crippen LogP) is 7.05. The zero-order chi connectivity index (χ0) is 28.8. The smallest absolute Gasteiger partial charge is 0.251 e. The monoisotopic (exact) mass is 599 g/mol. The molecule has 0 spiro atoms. The van der Waals surface area contributed by atoms with E-state index < -0.39 is 17.2 Å². The van der Waals surface area contributed by atoms with Gasteiger partial charge in [-0.1, -0.05) is 40.9 Å². The molecule has 1 amide bonds. The number of hydrogen-bond acceptors (Lipinski definition) is 5. The molecule has 6 nitrogen and oxygen atoms in total.